The highest BCUT2D eigenvalue weighted by molar-refractivity contribution is 6.00. The SMILES string of the molecule is CN(Cc1cnn(C)c1)C(=O)c1ccccc1Nc1ccccc1. The fourth-order valence-electron chi connectivity index (χ4n) is 2.56. The number of aryl methyl sites for hydroxylation is 1. The largest absolute Gasteiger partial charge is 0.355 e. The second kappa shape index (κ2) is 7.00. The van der Waals surface area contributed by atoms with Gasteiger partial charge in [0.15, 0.2) is 0 Å². The van der Waals surface area contributed by atoms with Gasteiger partial charge in [-0.2, -0.15) is 5.10 Å². The number of para-hydroxylation sites is 2. The van der Waals surface area contributed by atoms with Crippen molar-refractivity contribution in [2.45, 2.75) is 6.54 Å². The number of aromatic nitrogens is 2. The Bertz CT molecular complexity index is 826. The van der Waals surface area contributed by atoms with Crippen LogP contribution in [0.2, 0.25) is 0 Å². The van der Waals surface area contributed by atoms with E-state index in [9.17, 15) is 4.79 Å². The van der Waals surface area contributed by atoms with Gasteiger partial charge in [0, 0.05) is 38.1 Å². The molecule has 0 aliphatic heterocycles. The van der Waals surface area contributed by atoms with Crippen molar-refractivity contribution in [3.8, 4) is 0 Å². The second-order valence-electron chi connectivity index (χ2n) is 5.72. The smallest absolute Gasteiger partial charge is 0.256 e. The fourth-order valence-corrected chi connectivity index (χ4v) is 2.56. The van der Waals surface area contributed by atoms with Gasteiger partial charge in [0.05, 0.1) is 17.4 Å². The Hall–Kier alpha value is -3.08. The topological polar surface area (TPSA) is 50.2 Å². The first kappa shape index (κ1) is 15.8. The summed E-state index contributed by atoms with van der Waals surface area (Å²) in [5.74, 6) is -0.0297. The first-order chi connectivity index (χ1) is 11.6. The second-order valence-corrected chi connectivity index (χ2v) is 5.72. The molecule has 0 saturated heterocycles. The number of carbonyl (C=O) groups excluding carboxylic acids is 1. The Morgan fingerprint density at radius 1 is 1.12 bits per heavy atom. The standard InChI is InChI=1S/C19H20N4O/c1-22(13-15-12-20-23(2)14-15)19(24)17-10-6-7-11-18(17)21-16-8-4-3-5-9-16/h3-12,14,21H,13H2,1-2H3. The summed E-state index contributed by atoms with van der Waals surface area (Å²) in [6.45, 7) is 0.520. The Kier molecular flexibility index (Phi) is 4.61. The molecule has 24 heavy (non-hydrogen) atoms. The number of anilines is 2. The van der Waals surface area contributed by atoms with Gasteiger partial charge in [-0.05, 0) is 24.3 Å². The molecular formula is C19H20N4O. The Morgan fingerprint density at radius 3 is 2.54 bits per heavy atom. The van der Waals surface area contributed by atoms with E-state index in [1.54, 1.807) is 22.8 Å². The van der Waals surface area contributed by atoms with Crippen LogP contribution >= 0.6 is 0 Å². The summed E-state index contributed by atoms with van der Waals surface area (Å²) < 4.78 is 1.73. The summed E-state index contributed by atoms with van der Waals surface area (Å²) in [5, 5.41) is 7.45. The molecule has 1 N–H and O–H groups in total. The van der Waals surface area contributed by atoms with Gasteiger partial charge in [-0.3, -0.25) is 9.48 Å². The van der Waals surface area contributed by atoms with Crippen LogP contribution in [0.15, 0.2) is 67.0 Å². The molecule has 5 heteroatoms. The average molecular weight is 320 g/mol. The third kappa shape index (κ3) is 3.63. The monoisotopic (exact) mass is 320 g/mol. The van der Waals surface area contributed by atoms with Crippen LogP contribution in [0.3, 0.4) is 0 Å². The molecule has 5 nitrogen and oxygen atoms in total. The molecule has 0 aliphatic rings. The van der Waals surface area contributed by atoms with Gasteiger partial charge in [0.25, 0.3) is 5.91 Å². The van der Waals surface area contributed by atoms with Crippen molar-refractivity contribution in [3.05, 3.63) is 78.1 Å². The number of hydrogen-bond donors (Lipinski definition) is 1. The van der Waals surface area contributed by atoms with Crippen LogP contribution in [0.5, 0.6) is 0 Å². The van der Waals surface area contributed by atoms with Crippen molar-refractivity contribution in [2.24, 2.45) is 7.05 Å². The van der Waals surface area contributed by atoms with Gasteiger partial charge in [-0.25, -0.2) is 0 Å². The highest BCUT2D eigenvalue weighted by Crippen LogP contribution is 2.22. The number of hydrogen-bond acceptors (Lipinski definition) is 3. The van der Waals surface area contributed by atoms with E-state index in [2.05, 4.69) is 10.4 Å². The van der Waals surface area contributed by atoms with Crippen LogP contribution in [0.25, 0.3) is 0 Å². The quantitative estimate of drug-likeness (QED) is 0.783. The maximum Gasteiger partial charge on any atom is 0.256 e. The zero-order valence-electron chi connectivity index (χ0n) is 13.8. The van der Waals surface area contributed by atoms with E-state index in [4.69, 9.17) is 0 Å². The van der Waals surface area contributed by atoms with E-state index < -0.39 is 0 Å². The number of nitrogens with one attached hydrogen (secondary N) is 1. The lowest BCUT2D eigenvalue weighted by molar-refractivity contribution is 0.0786. The van der Waals surface area contributed by atoms with Crippen molar-refractivity contribution in [1.82, 2.24) is 14.7 Å². The normalized spacial score (nSPS) is 10.4. The van der Waals surface area contributed by atoms with E-state index in [-0.39, 0.29) is 5.91 Å². The molecule has 0 fully saturated rings. The van der Waals surface area contributed by atoms with E-state index in [1.807, 2.05) is 67.8 Å². The number of nitrogens with zero attached hydrogens (tertiary/aromatic N) is 3. The molecule has 0 saturated carbocycles. The predicted octanol–water partition coefficient (Wildman–Crippen LogP) is 3.44. The molecule has 0 unspecified atom stereocenters. The molecule has 3 rings (SSSR count). The molecular weight excluding hydrogens is 300 g/mol. The van der Waals surface area contributed by atoms with Crippen LogP contribution < -0.4 is 5.32 Å². The van der Waals surface area contributed by atoms with Crippen molar-refractivity contribution < 1.29 is 4.79 Å². The Balaban J connectivity index is 1.79. The van der Waals surface area contributed by atoms with Gasteiger partial charge < -0.3 is 10.2 Å². The number of rotatable bonds is 5. The third-order valence-electron chi connectivity index (χ3n) is 3.74. The maximum absolute atomic E-state index is 12.8. The first-order valence-corrected chi connectivity index (χ1v) is 7.77. The van der Waals surface area contributed by atoms with Crippen molar-refractivity contribution in [3.63, 3.8) is 0 Å². The maximum atomic E-state index is 12.8. The summed E-state index contributed by atoms with van der Waals surface area (Å²) in [6.07, 6.45) is 3.69. The molecule has 122 valence electrons. The van der Waals surface area contributed by atoms with Crippen LogP contribution in [-0.2, 0) is 13.6 Å². The third-order valence-corrected chi connectivity index (χ3v) is 3.74. The minimum atomic E-state index is -0.0297. The summed E-state index contributed by atoms with van der Waals surface area (Å²) in [6, 6.07) is 17.4. The molecule has 1 heterocycles. The van der Waals surface area contributed by atoms with E-state index >= 15 is 0 Å². The van der Waals surface area contributed by atoms with Gasteiger partial charge >= 0.3 is 0 Å². The first-order valence-electron chi connectivity index (χ1n) is 7.77. The number of carbonyl (C=O) groups is 1. The van der Waals surface area contributed by atoms with Crippen molar-refractivity contribution >= 4 is 17.3 Å². The van der Waals surface area contributed by atoms with E-state index in [0.29, 0.717) is 12.1 Å². The minimum absolute atomic E-state index is 0.0297. The lowest BCUT2D eigenvalue weighted by atomic mass is 10.1. The highest BCUT2D eigenvalue weighted by Gasteiger charge is 2.16. The summed E-state index contributed by atoms with van der Waals surface area (Å²) in [4.78, 5) is 14.5. The zero-order chi connectivity index (χ0) is 16.9. The molecule has 0 atom stereocenters. The molecule has 3 aromatic rings. The summed E-state index contributed by atoms with van der Waals surface area (Å²) in [7, 11) is 3.67. The van der Waals surface area contributed by atoms with Gasteiger partial charge in [0.2, 0.25) is 0 Å². The molecule has 1 aromatic heterocycles. The van der Waals surface area contributed by atoms with Crippen LogP contribution in [-0.4, -0.2) is 27.6 Å². The predicted molar refractivity (Wildman–Crippen MR) is 95.2 cm³/mol. The molecule has 1 amide bonds. The fraction of sp³-hybridized carbons (Fsp3) is 0.158. The summed E-state index contributed by atoms with van der Waals surface area (Å²) in [5.41, 5.74) is 3.40. The van der Waals surface area contributed by atoms with Gasteiger partial charge in [0.1, 0.15) is 0 Å². The Labute approximate surface area is 141 Å². The highest BCUT2D eigenvalue weighted by atomic mass is 16.2. The van der Waals surface area contributed by atoms with Gasteiger partial charge in [-0.15, -0.1) is 0 Å². The molecule has 0 spiro atoms. The number of benzene rings is 2. The molecule has 0 bridgehead atoms. The molecule has 0 radical (unpaired) electrons. The van der Waals surface area contributed by atoms with Crippen LogP contribution in [0.4, 0.5) is 11.4 Å². The molecule has 0 aliphatic carbocycles. The van der Waals surface area contributed by atoms with Crippen LogP contribution in [0.1, 0.15) is 15.9 Å². The number of amides is 1. The Morgan fingerprint density at radius 2 is 1.83 bits per heavy atom. The zero-order valence-corrected chi connectivity index (χ0v) is 13.8. The van der Waals surface area contributed by atoms with Crippen molar-refractivity contribution in [1.29, 1.82) is 0 Å². The minimum Gasteiger partial charge on any atom is -0.355 e. The van der Waals surface area contributed by atoms with Crippen molar-refractivity contribution in [2.75, 3.05) is 12.4 Å². The van der Waals surface area contributed by atoms with Gasteiger partial charge in [-0.1, -0.05) is 30.3 Å². The molecule has 2 aromatic carbocycles. The summed E-state index contributed by atoms with van der Waals surface area (Å²) >= 11 is 0. The van der Waals surface area contributed by atoms with E-state index in [1.165, 1.54) is 0 Å². The van der Waals surface area contributed by atoms with Crippen LogP contribution in [0, 0.1) is 0 Å². The lowest BCUT2D eigenvalue weighted by Gasteiger charge is -2.19. The lowest BCUT2D eigenvalue weighted by Crippen LogP contribution is -2.26. The average Bonchev–Trinajstić information content (AvgIpc) is 3.00. The van der Waals surface area contributed by atoms with E-state index in [0.717, 1.165) is 16.9 Å².